The van der Waals surface area contributed by atoms with Gasteiger partial charge in [0, 0.05) is 17.5 Å². The Morgan fingerprint density at radius 3 is 2.44 bits per heavy atom. The van der Waals surface area contributed by atoms with Crippen LogP contribution in [0.25, 0.3) is 0 Å². The highest BCUT2D eigenvalue weighted by atomic mass is 32.2. The van der Waals surface area contributed by atoms with Crippen LogP contribution in [0.1, 0.15) is 27.2 Å². The Labute approximate surface area is 106 Å². The molecular formula is C11H21NO2S2. The second kappa shape index (κ2) is 6.17. The van der Waals surface area contributed by atoms with Crippen LogP contribution in [0.15, 0.2) is 0 Å². The van der Waals surface area contributed by atoms with Crippen molar-refractivity contribution in [1.82, 2.24) is 0 Å². The van der Waals surface area contributed by atoms with Crippen LogP contribution in [0.5, 0.6) is 0 Å². The van der Waals surface area contributed by atoms with Gasteiger partial charge in [-0.1, -0.05) is 13.8 Å². The van der Waals surface area contributed by atoms with E-state index in [1.165, 1.54) is 0 Å². The summed E-state index contributed by atoms with van der Waals surface area (Å²) in [5.74, 6) is 2.32. The van der Waals surface area contributed by atoms with Crippen molar-refractivity contribution in [2.24, 2.45) is 11.7 Å². The van der Waals surface area contributed by atoms with Gasteiger partial charge < -0.3 is 10.5 Å². The lowest BCUT2D eigenvalue weighted by molar-refractivity contribution is -0.143. The summed E-state index contributed by atoms with van der Waals surface area (Å²) in [4.78, 5) is 12.0. The molecule has 0 aromatic carbocycles. The van der Waals surface area contributed by atoms with Crippen LogP contribution in [0.2, 0.25) is 0 Å². The van der Waals surface area contributed by atoms with Crippen molar-refractivity contribution in [3.05, 3.63) is 0 Å². The van der Waals surface area contributed by atoms with Crippen molar-refractivity contribution in [3.63, 3.8) is 0 Å². The molecule has 1 fully saturated rings. The first kappa shape index (κ1) is 14.2. The molecule has 1 saturated heterocycles. The summed E-state index contributed by atoms with van der Waals surface area (Å²) >= 11 is 3.30. The molecule has 0 aromatic heterocycles. The van der Waals surface area contributed by atoms with Crippen LogP contribution in [-0.2, 0) is 9.53 Å². The van der Waals surface area contributed by atoms with Gasteiger partial charge >= 0.3 is 5.97 Å². The lowest BCUT2D eigenvalue weighted by Crippen LogP contribution is -2.49. The molecule has 0 radical (unpaired) electrons. The largest absolute Gasteiger partial charge is 0.464 e. The van der Waals surface area contributed by atoms with E-state index in [-0.39, 0.29) is 12.0 Å². The second-order valence-electron chi connectivity index (χ2n) is 4.32. The smallest absolute Gasteiger partial charge is 0.334 e. The van der Waals surface area contributed by atoms with E-state index in [0.29, 0.717) is 12.5 Å². The van der Waals surface area contributed by atoms with Gasteiger partial charge in [-0.3, -0.25) is 0 Å². The lowest BCUT2D eigenvalue weighted by atomic mass is 10.0. The first-order valence-corrected chi connectivity index (χ1v) is 7.70. The lowest BCUT2D eigenvalue weighted by Gasteiger charge is -2.31. The van der Waals surface area contributed by atoms with Crippen LogP contribution in [0.3, 0.4) is 0 Å². The summed E-state index contributed by atoms with van der Waals surface area (Å²) in [7, 11) is 0. The maximum absolute atomic E-state index is 12.0. The maximum atomic E-state index is 12.0. The monoisotopic (exact) mass is 263 g/mol. The zero-order valence-corrected chi connectivity index (χ0v) is 11.8. The van der Waals surface area contributed by atoms with Crippen molar-refractivity contribution < 1.29 is 9.53 Å². The highest BCUT2D eigenvalue weighted by Crippen LogP contribution is 2.48. The fourth-order valence-corrected chi connectivity index (χ4v) is 4.89. The molecule has 0 saturated carbocycles. The van der Waals surface area contributed by atoms with Gasteiger partial charge in [-0.05, 0) is 19.3 Å². The average Bonchev–Trinajstić information content (AvgIpc) is 2.66. The molecule has 0 aromatic rings. The summed E-state index contributed by atoms with van der Waals surface area (Å²) in [6.07, 6.45) is 0.860. The molecular weight excluding hydrogens is 242 g/mol. The van der Waals surface area contributed by atoms with E-state index < -0.39 is 4.08 Å². The minimum Gasteiger partial charge on any atom is -0.464 e. The van der Waals surface area contributed by atoms with Crippen LogP contribution in [0, 0.1) is 5.92 Å². The Bertz CT molecular complexity index is 240. The van der Waals surface area contributed by atoms with Gasteiger partial charge in [-0.15, -0.1) is 23.5 Å². The van der Waals surface area contributed by atoms with Crippen molar-refractivity contribution in [2.75, 3.05) is 18.1 Å². The predicted octanol–water partition coefficient (Wildman–Crippen LogP) is 2.10. The summed E-state index contributed by atoms with van der Waals surface area (Å²) in [6, 6.07) is -0.121. The molecule has 94 valence electrons. The van der Waals surface area contributed by atoms with Crippen LogP contribution in [0.4, 0.5) is 0 Å². The van der Waals surface area contributed by atoms with Crippen LogP contribution in [-0.4, -0.2) is 34.2 Å². The maximum Gasteiger partial charge on any atom is 0.334 e. The average molecular weight is 263 g/mol. The Morgan fingerprint density at radius 2 is 2.00 bits per heavy atom. The van der Waals surface area contributed by atoms with E-state index in [0.717, 1.165) is 17.9 Å². The SMILES string of the molecule is CCOC(=O)C1([C@@H](N)CC(C)C)SCCS1. The van der Waals surface area contributed by atoms with Gasteiger partial charge in [0.1, 0.15) is 0 Å². The molecule has 0 spiro atoms. The summed E-state index contributed by atoms with van der Waals surface area (Å²) < 4.78 is 4.62. The minimum atomic E-state index is -0.555. The van der Waals surface area contributed by atoms with Gasteiger partial charge in [0.2, 0.25) is 0 Å². The van der Waals surface area contributed by atoms with E-state index in [1.807, 2.05) is 6.92 Å². The van der Waals surface area contributed by atoms with Gasteiger partial charge in [0.05, 0.1) is 6.61 Å². The normalized spacial score (nSPS) is 21.1. The first-order chi connectivity index (χ1) is 7.53. The van der Waals surface area contributed by atoms with E-state index in [4.69, 9.17) is 10.5 Å². The molecule has 1 atom stereocenters. The minimum absolute atomic E-state index is 0.121. The van der Waals surface area contributed by atoms with Crippen molar-refractivity contribution >= 4 is 29.5 Å². The number of carbonyl (C=O) groups is 1. The molecule has 1 aliphatic rings. The number of hydrogen-bond acceptors (Lipinski definition) is 5. The number of esters is 1. The molecule has 0 aliphatic carbocycles. The van der Waals surface area contributed by atoms with E-state index in [9.17, 15) is 4.79 Å². The first-order valence-electron chi connectivity index (χ1n) is 5.73. The fraction of sp³-hybridized carbons (Fsp3) is 0.909. The third-order valence-electron chi connectivity index (χ3n) is 2.49. The standard InChI is InChI=1S/C11H21NO2S2/c1-4-14-10(13)11(15-5-6-16-11)9(12)7-8(2)3/h8-9H,4-7,12H2,1-3H3/t9-/m0/s1. The number of hydrogen-bond donors (Lipinski definition) is 1. The van der Waals surface area contributed by atoms with Gasteiger partial charge in [0.15, 0.2) is 4.08 Å². The molecule has 1 rings (SSSR count). The molecule has 0 bridgehead atoms. The zero-order valence-electron chi connectivity index (χ0n) is 10.2. The number of ether oxygens (including phenoxy) is 1. The van der Waals surface area contributed by atoms with E-state index in [1.54, 1.807) is 23.5 Å². The topological polar surface area (TPSA) is 52.3 Å². The number of carbonyl (C=O) groups excluding carboxylic acids is 1. The highest BCUT2D eigenvalue weighted by Gasteiger charge is 2.49. The van der Waals surface area contributed by atoms with Crippen molar-refractivity contribution in [2.45, 2.75) is 37.3 Å². The predicted molar refractivity (Wildman–Crippen MR) is 71.7 cm³/mol. The van der Waals surface area contributed by atoms with E-state index >= 15 is 0 Å². The Balaban J connectivity index is 2.75. The highest BCUT2D eigenvalue weighted by molar-refractivity contribution is 8.22. The third-order valence-corrected chi connectivity index (χ3v) is 6.07. The molecule has 16 heavy (non-hydrogen) atoms. The number of rotatable bonds is 5. The van der Waals surface area contributed by atoms with Crippen molar-refractivity contribution in [3.8, 4) is 0 Å². The molecule has 3 nitrogen and oxygen atoms in total. The molecule has 0 amide bonds. The Morgan fingerprint density at radius 1 is 1.44 bits per heavy atom. The van der Waals surface area contributed by atoms with E-state index in [2.05, 4.69) is 13.8 Å². The summed E-state index contributed by atoms with van der Waals surface area (Å²) in [5, 5.41) is 0. The quantitative estimate of drug-likeness (QED) is 0.770. The zero-order chi connectivity index (χ0) is 12.2. The van der Waals surface area contributed by atoms with Crippen LogP contribution < -0.4 is 5.73 Å². The summed E-state index contributed by atoms with van der Waals surface area (Å²) in [6.45, 7) is 6.52. The fourth-order valence-electron chi connectivity index (χ4n) is 1.81. The molecule has 1 heterocycles. The number of thioether (sulfide) groups is 2. The number of nitrogens with two attached hydrogens (primary N) is 1. The van der Waals surface area contributed by atoms with Gasteiger partial charge in [-0.25, -0.2) is 4.79 Å². The molecule has 5 heteroatoms. The van der Waals surface area contributed by atoms with Gasteiger partial charge in [-0.2, -0.15) is 0 Å². The molecule has 2 N–H and O–H groups in total. The summed E-state index contributed by atoms with van der Waals surface area (Å²) in [5.41, 5.74) is 6.20. The van der Waals surface area contributed by atoms with Crippen LogP contribution >= 0.6 is 23.5 Å². The Kier molecular flexibility index (Phi) is 5.47. The molecule has 0 unspecified atom stereocenters. The third kappa shape index (κ3) is 3.08. The Hall–Kier alpha value is 0.130. The van der Waals surface area contributed by atoms with Crippen molar-refractivity contribution in [1.29, 1.82) is 0 Å². The van der Waals surface area contributed by atoms with Gasteiger partial charge in [0.25, 0.3) is 0 Å². The second-order valence-corrected chi connectivity index (χ2v) is 7.26. The molecule has 1 aliphatic heterocycles.